The zero-order valence-electron chi connectivity index (χ0n) is 8.20. The number of anilines is 1. The maximum atomic E-state index is 13.2. The Morgan fingerprint density at radius 2 is 2.06 bits per heavy atom. The highest BCUT2D eigenvalue weighted by atomic mass is 19.1. The lowest BCUT2D eigenvalue weighted by Crippen LogP contribution is -2.38. The highest BCUT2D eigenvalue weighted by molar-refractivity contribution is 5.90. The van der Waals surface area contributed by atoms with Crippen molar-refractivity contribution in [1.82, 2.24) is 0 Å². The van der Waals surface area contributed by atoms with Gasteiger partial charge in [-0.2, -0.15) is 0 Å². The summed E-state index contributed by atoms with van der Waals surface area (Å²) in [6.45, 7) is 0.591. The molecular formula is C10H9F2NO3. The third-order valence-corrected chi connectivity index (χ3v) is 2.19. The van der Waals surface area contributed by atoms with Gasteiger partial charge in [0.05, 0.1) is 24.5 Å². The van der Waals surface area contributed by atoms with E-state index in [4.69, 9.17) is 15.2 Å². The van der Waals surface area contributed by atoms with Crippen LogP contribution < -0.4 is 5.73 Å². The third kappa shape index (κ3) is 1.96. The van der Waals surface area contributed by atoms with E-state index in [-0.39, 0.29) is 17.4 Å². The van der Waals surface area contributed by atoms with E-state index in [0.717, 1.165) is 6.07 Å². The monoisotopic (exact) mass is 229 g/mol. The number of rotatable bonds is 2. The molecular weight excluding hydrogens is 220 g/mol. The molecule has 0 atom stereocenters. The Bertz CT molecular complexity index is 432. The molecule has 1 heterocycles. The molecule has 0 spiro atoms. The molecule has 16 heavy (non-hydrogen) atoms. The number of hydrogen-bond donors (Lipinski definition) is 1. The summed E-state index contributed by atoms with van der Waals surface area (Å²) in [5.74, 6) is -2.75. The number of nitrogens with two attached hydrogens (primary N) is 1. The zero-order valence-corrected chi connectivity index (χ0v) is 8.20. The Morgan fingerprint density at radius 3 is 2.62 bits per heavy atom. The van der Waals surface area contributed by atoms with Crippen molar-refractivity contribution in [2.24, 2.45) is 0 Å². The van der Waals surface area contributed by atoms with E-state index in [1.165, 1.54) is 0 Å². The van der Waals surface area contributed by atoms with Crippen molar-refractivity contribution < 1.29 is 23.0 Å². The quantitative estimate of drug-likeness (QED) is 0.609. The van der Waals surface area contributed by atoms with Gasteiger partial charge in [0.25, 0.3) is 0 Å². The summed E-state index contributed by atoms with van der Waals surface area (Å²) in [4.78, 5) is 11.4. The first-order valence-electron chi connectivity index (χ1n) is 4.61. The van der Waals surface area contributed by atoms with Crippen molar-refractivity contribution in [1.29, 1.82) is 0 Å². The van der Waals surface area contributed by atoms with E-state index in [1.54, 1.807) is 0 Å². The van der Waals surface area contributed by atoms with Gasteiger partial charge in [0, 0.05) is 6.07 Å². The van der Waals surface area contributed by atoms with Crippen LogP contribution in [0.4, 0.5) is 14.5 Å². The van der Waals surface area contributed by atoms with Crippen molar-refractivity contribution in [3.05, 3.63) is 29.3 Å². The molecule has 0 bridgehead atoms. The van der Waals surface area contributed by atoms with Gasteiger partial charge in [-0.3, -0.25) is 0 Å². The number of carbonyl (C=O) groups excluding carboxylic acids is 1. The van der Waals surface area contributed by atoms with Gasteiger partial charge < -0.3 is 15.2 Å². The smallest absolute Gasteiger partial charge is 0.341 e. The van der Waals surface area contributed by atoms with E-state index in [2.05, 4.69) is 0 Å². The molecule has 2 rings (SSSR count). The number of benzene rings is 1. The molecule has 1 aromatic carbocycles. The van der Waals surface area contributed by atoms with Crippen LogP contribution in [-0.2, 0) is 9.47 Å². The molecule has 2 N–H and O–H groups in total. The molecule has 1 fully saturated rings. The second kappa shape index (κ2) is 4.05. The summed E-state index contributed by atoms with van der Waals surface area (Å²) in [7, 11) is 0. The van der Waals surface area contributed by atoms with E-state index in [1.807, 2.05) is 0 Å². The highest BCUT2D eigenvalue weighted by Gasteiger charge is 2.25. The fourth-order valence-corrected chi connectivity index (χ4v) is 1.22. The van der Waals surface area contributed by atoms with Crippen molar-refractivity contribution in [2.75, 3.05) is 18.9 Å². The Balaban J connectivity index is 2.18. The lowest BCUT2D eigenvalue weighted by molar-refractivity contribution is -0.103. The number of ether oxygens (including phenoxy) is 2. The molecule has 1 aliphatic heterocycles. The topological polar surface area (TPSA) is 61.6 Å². The molecule has 0 aromatic heterocycles. The van der Waals surface area contributed by atoms with Gasteiger partial charge in [-0.1, -0.05) is 0 Å². The van der Waals surface area contributed by atoms with Crippen LogP contribution in [0.25, 0.3) is 0 Å². The van der Waals surface area contributed by atoms with Gasteiger partial charge in [0.2, 0.25) is 0 Å². The first-order valence-corrected chi connectivity index (χ1v) is 4.61. The van der Waals surface area contributed by atoms with Gasteiger partial charge in [-0.15, -0.1) is 0 Å². The van der Waals surface area contributed by atoms with Crippen LogP contribution in [0.3, 0.4) is 0 Å². The normalized spacial score (nSPS) is 15.6. The van der Waals surface area contributed by atoms with Gasteiger partial charge in [-0.25, -0.2) is 13.6 Å². The molecule has 1 aliphatic rings. The number of carbonyl (C=O) groups is 1. The summed E-state index contributed by atoms with van der Waals surface area (Å²) < 4.78 is 35.7. The summed E-state index contributed by atoms with van der Waals surface area (Å²) in [5, 5.41) is 0. The van der Waals surface area contributed by atoms with Gasteiger partial charge in [-0.05, 0) is 6.07 Å². The molecule has 6 heteroatoms. The lowest BCUT2D eigenvalue weighted by atomic mass is 10.2. The predicted octanol–water partition coefficient (Wildman–Crippen LogP) is 1.10. The molecule has 1 aromatic rings. The Labute approximate surface area is 89.9 Å². The number of esters is 1. The largest absolute Gasteiger partial charge is 0.454 e. The SMILES string of the molecule is Nc1cc(C(=O)OC2COC2)c(F)cc1F. The van der Waals surface area contributed by atoms with Gasteiger partial charge >= 0.3 is 5.97 Å². The van der Waals surface area contributed by atoms with Gasteiger partial charge in [0.1, 0.15) is 17.7 Å². The van der Waals surface area contributed by atoms with Crippen LogP contribution in [0.5, 0.6) is 0 Å². The second-order valence-electron chi connectivity index (χ2n) is 3.42. The minimum Gasteiger partial charge on any atom is -0.454 e. The Hall–Kier alpha value is -1.69. The Kier molecular flexibility index (Phi) is 2.74. The van der Waals surface area contributed by atoms with Gasteiger partial charge in [0.15, 0.2) is 0 Å². The minimum atomic E-state index is -0.989. The second-order valence-corrected chi connectivity index (χ2v) is 3.42. The molecule has 0 aliphatic carbocycles. The van der Waals surface area contributed by atoms with Crippen LogP contribution in [0.15, 0.2) is 12.1 Å². The van der Waals surface area contributed by atoms with Crippen LogP contribution >= 0.6 is 0 Å². The minimum absolute atomic E-state index is 0.293. The summed E-state index contributed by atoms with van der Waals surface area (Å²) >= 11 is 0. The summed E-state index contributed by atoms with van der Waals surface area (Å²) in [6.07, 6.45) is -0.363. The molecule has 0 radical (unpaired) electrons. The highest BCUT2D eigenvalue weighted by Crippen LogP contribution is 2.19. The molecule has 4 nitrogen and oxygen atoms in total. The molecule has 86 valence electrons. The molecule has 0 unspecified atom stereocenters. The standard InChI is InChI=1S/C10H9F2NO3/c11-7-2-8(12)9(13)1-6(7)10(14)16-5-3-15-4-5/h1-2,5H,3-4,13H2. The van der Waals surface area contributed by atoms with Crippen LogP contribution in [0.2, 0.25) is 0 Å². The van der Waals surface area contributed by atoms with E-state index >= 15 is 0 Å². The van der Waals surface area contributed by atoms with Crippen LogP contribution in [-0.4, -0.2) is 25.3 Å². The Morgan fingerprint density at radius 1 is 1.38 bits per heavy atom. The van der Waals surface area contributed by atoms with E-state index in [0.29, 0.717) is 19.3 Å². The van der Waals surface area contributed by atoms with Crippen molar-refractivity contribution in [3.8, 4) is 0 Å². The average molecular weight is 229 g/mol. The first-order chi connectivity index (χ1) is 7.58. The molecule has 0 amide bonds. The fourth-order valence-electron chi connectivity index (χ4n) is 1.22. The van der Waals surface area contributed by atoms with Crippen LogP contribution in [0, 0.1) is 11.6 Å². The maximum Gasteiger partial charge on any atom is 0.341 e. The molecule has 0 saturated carbocycles. The van der Waals surface area contributed by atoms with Crippen molar-refractivity contribution in [3.63, 3.8) is 0 Å². The summed E-state index contributed by atoms with van der Waals surface area (Å²) in [5.41, 5.74) is 4.57. The number of hydrogen-bond acceptors (Lipinski definition) is 4. The maximum absolute atomic E-state index is 13.2. The number of halogens is 2. The first kappa shape index (κ1) is 10.8. The average Bonchev–Trinajstić information content (AvgIpc) is 2.17. The number of nitrogen functional groups attached to an aromatic ring is 1. The third-order valence-electron chi connectivity index (χ3n) is 2.19. The van der Waals surface area contributed by atoms with Crippen molar-refractivity contribution in [2.45, 2.75) is 6.10 Å². The molecule has 1 saturated heterocycles. The van der Waals surface area contributed by atoms with E-state index < -0.39 is 17.6 Å². The predicted molar refractivity (Wildman–Crippen MR) is 50.8 cm³/mol. The summed E-state index contributed by atoms with van der Waals surface area (Å²) in [6, 6.07) is 1.48. The zero-order chi connectivity index (χ0) is 11.7. The van der Waals surface area contributed by atoms with Crippen molar-refractivity contribution >= 4 is 11.7 Å². The fraction of sp³-hybridized carbons (Fsp3) is 0.300. The van der Waals surface area contributed by atoms with Crippen LogP contribution in [0.1, 0.15) is 10.4 Å². The lowest BCUT2D eigenvalue weighted by Gasteiger charge is -2.25. The van der Waals surface area contributed by atoms with E-state index in [9.17, 15) is 13.6 Å².